The molecular formula is C10H6BrNS. The van der Waals surface area contributed by atoms with Crippen LogP contribution in [0.5, 0.6) is 0 Å². The van der Waals surface area contributed by atoms with Gasteiger partial charge in [-0.3, -0.25) is 0 Å². The van der Waals surface area contributed by atoms with E-state index < -0.39 is 0 Å². The molecule has 0 unspecified atom stereocenters. The number of thiophene rings is 1. The second-order valence-corrected chi connectivity index (χ2v) is 4.56. The molecule has 0 saturated carbocycles. The minimum atomic E-state index is 0.496. The van der Waals surface area contributed by atoms with E-state index in [4.69, 9.17) is 5.26 Å². The van der Waals surface area contributed by atoms with E-state index in [1.807, 2.05) is 6.07 Å². The molecule has 0 aliphatic rings. The number of hydrogen-bond donors (Lipinski definition) is 0. The second-order valence-electron chi connectivity index (χ2n) is 2.74. The highest BCUT2D eigenvalue weighted by molar-refractivity contribution is 9.10. The van der Waals surface area contributed by atoms with Crippen molar-refractivity contribution in [2.75, 3.05) is 0 Å². The van der Waals surface area contributed by atoms with Gasteiger partial charge in [0.15, 0.2) is 0 Å². The first-order chi connectivity index (χ1) is 6.31. The zero-order valence-electron chi connectivity index (χ0n) is 6.75. The van der Waals surface area contributed by atoms with Crippen molar-refractivity contribution in [1.82, 2.24) is 0 Å². The molecule has 0 radical (unpaired) electrons. The maximum Gasteiger partial charge on any atom is 0.0670 e. The van der Waals surface area contributed by atoms with Gasteiger partial charge in [-0.15, -0.1) is 11.3 Å². The molecular weight excluding hydrogens is 246 g/mol. The third-order valence-corrected chi connectivity index (χ3v) is 3.39. The van der Waals surface area contributed by atoms with Crippen molar-refractivity contribution in [3.05, 3.63) is 33.6 Å². The Balaban J connectivity index is 2.66. The molecule has 1 aromatic carbocycles. The van der Waals surface area contributed by atoms with Crippen LogP contribution in [0.3, 0.4) is 0 Å². The highest BCUT2D eigenvalue weighted by Gasteiger charge is 2.03. The number of halogens is 1. The summed E-state index contributed by atoms with van der Waals surface area (Å²) in [5.74, 6) is 0. The van der Waals surface area contributed by atoms with Crippen LogP contribution in [0.2, 0.25) is 0 Å². The number of nitrogens with zero attached hydrogens (tertiary/aromatic N) is 1. The summed E-state index contributed by atoms with van der Waals surface area (Å²) < 4.78 is 2.31. The minimum absolute atomic E-state index is 0.496. The monoisotopic (exact) mass is 251 g/mol. The molecule has 2 aromatic rings. The first kappa shape index (κ1) is 8.74. The average molecular weight is 252 g/mol. The van der Waals surface area contributed by atoms with Gasteiger partial charge in [-0.1, -0.05) is 15.9 Å². The first-order valence-electron chi connectivity index (χ1n) is 3.84. The van der Waals surface area contributed by atoms with Crippen molar-refractivity contribution < 1.29 is 0 Å². The van der Waals surface area contributed by atoms with Gasteiger partial charge in [0.25, 0.3) is 0 Å². The standard InChI is InChI=1S/C10H6BrNS/c11-8-1-2-10-9(5-8)7(3-4-12)6-13-10/h1-2,5-6H,3H2. The minimum Gasteiger partial charge on any atom is -0.198 e. The highest BCUT2D eigenvalue weighted by atomic mass is 79.9. The Bertz CT molecular complexity index is 481. The number of benzene rings is 1. The Hall–Kier alpha value is -0.850. The molecule has 0 saturated heterocycles. The summed E-state index contributed by atoms with van der Waals surface area (Å²) in [4.78, 5) is 0. The molecule has 64 valence electrons. The van der Waals surface area contributed by atoms with Crippen molar-refractivity contribution >= 4 is 37.4 Å². The van der Waals surface area contributed by atoms with Gasteiger partial charge in [0, 0.05) is 9.17 Å². The van der Waals surface area contributed by atoms with Crippen molar-refractivity contribution in [3.8, 4) is 6.07 Å². The predicted octanol–water partition coefficient (Wildman–Crippen LogP) is 3.73. The summed E-state index contributed by atoms with van der Waals surface area (Å²) in [5.41, 5.74) is 1.13. The zero-order valence-corrected chi connectivity index (χ0v) is 9.15. The van der Waals surface area contributed by atoms with E-state index in [0.29, 0.717) is 6.42 Å². The van der Waals surface area contributed by atoms with E-state index in [2.05, 4.69) is 39.5 Å². The molecule has 0 aliphatic heterocycles. The Kier molecular flexibility index (Phi) is 2.34. The average Bonchev–Trinajstić information content (AvgIpc) is 2.49. The molecule has 3 heteroatoms. The number of nitriles is 1. The van der Waals surface area contributed by atoms with E-state index in [9.17, 15) is 0 Å². The number of fused-ring (bicyclic) bond motifs is 1. The van der Waals surface area contributed by atoms with Crippen LogP contribution < -0.4 is 0 Å². The van der Waals surface area contributed by atoms with Gasteiger partial charge in [0.2, 0.25) is 0 Å². The molecule has 1 heterocycles. The fraction of sp³-hybridized carbons (Fsp3) is 0.100. The summed E-state index contributed by atoms with van der Waals surface area (Å²) in [6.45, 7) is 0. The van der Waals surface area contributed by atoms with Crippen LogP contribution in [0.25, 0.3) is 10.1 Å². The second kappa shape index (κ2) is 3.49. The summed E-state index contributed by atoms with van der Waals surface area (Å²) in [5, 5.41) is 11.9. The molecule has 1 nitrogen and oxygen atoms in total. The lowest BCUT2D eigenvalue weighted by atomic mass is 10.1. The van der Waals surface area contributed by atoms with E-state index >= 15 is 0 Å². The van der Waals surface area contributed by atoms with Gasteiger partial charge in [-0.05, 0) is 34.5 Å². The van der Waals surface area contributed by atoms with Gasteiger partial charge in [-0.25, -0.2) is 0 Å². The number of hydrogen-bond acceptors (Lipinski definition) is 2. The Labute approximate surface area is 88.7 Å². The molecule has 0 bridgehead atoms. The molecule has 0 aliphatic carbocycles. The topological polar surface area (TPSA) is 23.8 Å². The molecule has 0 amide bonds. The zero-order chi connectivity index (χ0) is 9.26. The van der Waals surface area contributed by atoms with E-state index in [1.54, 1.807) is 11.3 Å². The van der Waals surface area contributed by atoms with Gasteiger partial charge < -0.3 is 0 Å². The van der Waals surface area contributed by atoms with Gasteiger partial charge >= 0.3 is 0 Å². The summed E-state index contributed by atoms with van der Waals surface area (Å²) in [6.07, 6.45) is 0.496. The summed E-state index contributed by atoms with van der Waals surface area (Å²) >= 11 is 5.11. The maximum atomic E-state index is 8.61. The Morgan fingerprint density at radius 1 is 1.46 bits per heavy atom. The maximum absolute atomic E-state index is 8.61. The van der Waals surface area contributed by atoms with Crippen LogP contribution >= 0.6 is 27.3 Å². The van der Waals surface area contributed by atoms with Crippen molar-refractivity contribution in [3.63, 3.8) is 0 Å². The Morgan fingerprint density at radius 2 is 2.31 bits per heavy atom. The number of rotatable bonds is 1. The summed E-state index contributed by atoms with van der Waals surface area (Å²) in [6, 6.07) is 8.34. The lowest BCUT2D eigenvalue weighted by Crippen LogP contribution is -1.76. The van der Waals surface area contributed by atoms with E-state index in [0.717, 1.165) is 10.0 Å². The lowest BCUT2D eigenvalue weighted by Gasteiger charge is -1.93. The molecule has 0 spiro atoms. The third kappa shape index (κ3) is 1.60. The third-order valence-electron chi connectivity index (χ3n) is 1.89. The Morgan fingerprint density at radius 3 is 3.08 bits per heavy atom. The molecule has 0 N–H and O–H groups in total. The van der Waals surface area contributed by atoms with E-state index in [1.165, 1.54) is 10.1 Å². The molecule has 13 heavy (non-hydrogen) atoms. The van der Waals surface area contributed by atoms with Gasteiger partial charge in [0.1, 0.15) is 0 Å². The van der Waals surface area contributed by atoms with Gasteiger partial charge in [-0.2, -0.15) is 5.26 Å². The first-order valence-corrected chi connectivity index (χ1v) is 5.51. The van der Waals surface area contributed by atoms with Gasteiger partial charge in [0.05, 0.1) is 12.5 Å². The fourth-order valence-electron chi connectivity index (χ4n) is 1.28. The molecule has 2 rings (SSSR count). The highest BCUT2D eigenvalue weighted by Crippen LogP contribution is 2.28. The van der Waals surface area contributed by atoms with Crippen LogP contribution in [0.1, 0.15) is 5.56 Å². The molecule has 0 atom stereocenters. The smallest absolute Gasteiger partial charge is 0.0670 e. The normalized spacial score (nSPS) is 10.2. The van der Waals surface area contributed by atoms with Crippen LogP contribution in [0, 0.1) is 11.3 Å². The largest absolute Gasteiger partial charge is 0.198 e. The SMILES string of the molecule is N#CCc1csc2ccc(Br)cc12. The van der Waals surface area contributed by atoms with Crippen molar-refractivity contribution in [1.29, 1.82) is 5.26 Å². The van der Waals surface area contributed by atoms with Crippen molar-refractivity contribution in [2.24, 2.45) is 0 Å². The predicted molar refractivity (Wildman–Crippen MR) is 58.8 cm³/mol. The van der Waals surface area contributed by atoms with Crippen LogP contribution in [-0.4, -0.2) is 0 Å². The van der Waals surface area contributed by atoms with E-state index in [-0.39, 0.29) is 0 Å². The lowest BCUT2D eigenvalue weighted by molar-refractivity contribution is 1.30. The summed E-state index contributed by atoms with van der Waals surface area (Å²) in [7, 11) is 0. The van der Waals surface area contributed by atoms with Crippen LogP contribution in [-0.2, 0) is 6.42 Å². The van der Waals surface area contributed by atoms with Crippen LogP contribution in [0.15, 0.2) is 28.1 Å². The van der Waals surface area contributed by atoms with Crippen LogP contribution in [0.4, 0.5) is 0 Å². The molecule has 0 fully saturated rings. The molecule has 1 aromatic heterocycles. The quantitative estimate of drug-likeness (QED) is 0.758. The fourth-order valence-corrected chi connectivity index (χ4v) is 2.58. The van der Waals surface area contributed by atoms with Crippen molar-refractivity contribution in [2.45, 2.75) is 6.42 Å².